The molecule has 7 heteroatoms. The molecule has 6 atom stereocenters. The van der Waals surface area contributed by atoms with Crippen molar-refractivity contribution < 1.29 is 14.1 Å². The number of piperidine rings is 1. The maximum Gasteiger partial charge on any atom is 0.482 e. The number of rotatable bonds is 6. The monoisotopic (exact) mass is 439 g/mol. The Labute approximate surface area is 192 Å². The predicted octanol–water partition coefficient (Wildman–Crippen LogP) is 3.31. The van der Waals surface area contributed by atoms with E-state index < -0.39 is 7.12 Å². The summed E-state index contributed by atoms with van der Waals surface area (Å²) in [5.41, 5.74) is 1.20. The number of carbonyl (C=O) groups is 1. The summed E-state index contributed by atoms with van der Waals surface area (Å²) in [6.45, 7) is 8.65. The molecule has 0 aromatic heterocycles. The van der Waals surface area contributed by atoms with Crippen molar-refractivity contribution in [1.82, 2.24) is 16.0 Å². The summed E-state index contributed by atoms with van der Waals surface area (Å²) in [4.78, 5) is 12.9. The van der Waals surface area contributed by atoms with Crippen molar-refractivity contribution in [2.24, 2.45) is 17.3 Å². The fraction of sp³-hybridized carbons (Fsp3) is 0.720. The van der Waals surface area contributed by atoms with Gasteiger partial charge in [0, 0.05) is 12.6 Å². The minimum absolute atomic E-state index is 0.110. The van der Waals surface area contributed by atoms with E-state index in [-0.39, 0.29) is 23.7 Å². The first-order chi connectivity index (χ1) is 15.4. The van der Waals surface area contributed by atoms with Gasteiger partial charge in [0.15, 0.2) is 0 Å². The standard InChI is InChI=1S/C25H38BN3O3/c1-24(2)18-14-20(24)25(3)21(15-18)31-26(32-25)22(13-17-9-5-4-6-10-17)29-23(30)28-16-19-11-7-8-12-27-19/h4-6,9-10,18-22,27H,7-8,11-16H2,1-3H3,(H2,28,29,30)/t18-,19-,20-,21+,22-,25-/m0/s1. The summed E-state index contributed by atoms with van der Waals surface area (Å²) >= 11 is 0. The Morgan fingerprint density at radius 3 is 2.75 bits per heavy atom. The highest BCUT2D eigenvalue weighted by atomic mass is 16.7. The third-order valence-electron chi connectivity index (χ3n) is 8.83. The van der Waals surface area contributed by atoms with Crippen LogP contribution in [-0.4, -0.2) is 49.9 Å². The molecule has 2 aliphatic heterocycles. The molecule has 2 heterocycles. The topological polar surface area (TPSA) is 71.6 Å². The van der Waals surface area contributed by atoms with Gasteiger partial charge < -0.3 is 25.3 Å². The van der Waals surface area contributed by atoms with Gasteiger partial charge in [-0.3, -0.25) is 0 Å². The van der Waals surface area contributed by atoms with Crippen LogP contribution in [0.25, 0.3) is 0 Å². The lowest BCUT2D eigenvalue weighted by atomic mass is 9.43. The van der Waals surface area contributed by atoms with Crippen LogP contribution in [0, 0.1) is 17.3 Å². The molecule has 5 fully saturated rings. The van der Waals surface area contributed by atoms with Gasteiger partial charge in [0.05, 0.1) is 17.6 Å². The summed E-state index contributed by atoms with van der Waals surface area (Å²) in [5, 5.41) is 9.75. The second kappa shape index (κ2) is 8.66. The van der Waals surface area contributed by atoms with E-state index in [1.165, 1.54) is 24.8 Å². The molecule has 2 bridgehead atoms. The predicted molar refractivity (Wildman–Crippen MR) is 126 cm³/mol. The highest BCUT2D eigenvalue weighted by Crippen LogP contribution is 2.65. The minimum Gasteiger partial charge on any atom is -0.404 e. The molecule has 5 aliphatic rings. The van der Waals surface area contributed by atoms with Crippen LogP contribution in [0.4, 0.5) is 4.79 Å². The van der Waals surface area contributed by atoms with E-state index in [1.54, 1.807) is 0 Å². The lowest BCUT2D eigenvalue weighted by Gasteiger charge is -2.64. The fourth-order valence-corrected chi connectivity index (χ4v) is 6.69. The maximum atomic E-state index is 12.9. The van der Waals surface area contributed by atoms with E-state index in [0.717, 1.165) is 19.4 Å². The van der Waals surface area contributed by atoms with Gasteiger partial charge in [-0.2, -0.15) is 0 Å². The molecule has 0 radical (unpaired) electrons. The van der Waals surface area contributed by atoms with Gasteiger partial charge in [0.25, 0.3) is 0 Å². The summed E-state index contributed by atoms with van der Waals surface area (Å²) < 4.78 is 13.2. The molecule has 3 aliphatic carbocycles. The van der Waals surface area contributed by atoms with Crippen molar-refractivity contribution in [3.63, 3.8) is 0 Å². The van der Waals surface area contributed by atoms with Crippen molar-refractivity contribution in [3.05, 3.63) is 35.9 Å². The van der Waals surface area contributed by atoms with Crippen molar-refractivity contribution in [2.45, 2.75) is 83.0 Å². The van der Waals surface area contributed by atoms with Gasteiger partial charge in [-0.1, -0.05) is 50.6 Å². The Bertz CT molecular complexity index is 816. The van der Waals surface area contributed by atoms with E-state index in [0.29, 0.717) is 36.3 Å². The Morgan fingerprint density at radius 2 is 2.03 bits per heavy atom. The van der Waals surface area contributed by atoms with Gasteiger partial charge in [-0.15, -0.1) is 0 Å². The SMILES string of the molecule is CC1(C)[C@@H]2C[C@H]3OB([C@H](Cc4ccccc4)NC(=O)NC[C@@H]4CCCCN4)O[C@@]3(C)[C@H]1C2. The Balaban J connectivity index is 1.27. The summed E-state index contributed by atoms with van der Waals surface area (Å²) in [5.74, 6) is 0.978. The van der Waals surface area contributed by atoms with Crippen LogP contribution in [0.1, 0.15) is 58.4 Å². The van der Waals surface area contributed by atoms with Crippen LogP contribution in [0.2, 0.25) is 0 Å². The van der Waals surface area contributed by atoms with Crippen LogP contribution < -0.4 is 16.0 Å². The molecule has 2 amide bonds. The molecule has 1 aromatic rings. The van der Waals surface area contributed by atoms with Crippen LogP contribution in [0.5, 0.6) is 0 Å². The normalized spacial score (nSPS) is 36.0. The zero-order valence-corrected chi connectivity index (χ0v) is 19.7. The maximum absolute atomic E-state index is 12.9. The van der Waals surface area contributed by atoms with E-state index in [1.807, 2.05) is 18.2 Å². The minimum atomic E-state index is -0.432. The number of amides is 2. The smallest absolute Gasteiger partial charge is 0.404 e. The van der Waals surface area contributed by atoms with Gasteiger partial charge >= 0.3 is 13.1 Å². The quantitative estimate of drug-likeness (QED) is 0.595. The summed E-state index contributed by atoms with van der Waals surface area (Å²) in [6.07, 6.45) is 6.62. The Morgan fingerprint density at radius 1 is 1.22 bits per heavy atom. The number of urea groups is 1. The molecule has 32 heavy (non-hydrogen) atoms. The van der Waals surface area contributed by atoms with Gasteiger partial charge in [0.1, 0.15) is 0 Å². The van der Waals surface area contributed by atoms with Crippen molar-refractivity contribution in [3.8, 4) is 0 Å². The first-order valence-electron chi connectivity index (χ1n) is 12.5. The molecule has 174 valence electrons. The van der Waals surface area contributed by atoms with Crippen LogP contribution >= 0.6 is 0 Å². The molecular weight excluding hydrogens is 401 g/mol. The molecule has 3 N–H and O–H groups in total. The summed E-state index contributed by atoms with van der Waals surface area (Å²) in [7, 11) is -0.432. The second-order valence-electron chi connectivity index (χ2n) is 11.1. The largest absolute Gasteiger partial charge is 0.482 e. The van der Waals surface area contributed by atoms with Crippen molar-refractivity contribution in [2.75, 3.05) is 13.1 Å². The van der Waals surface area contributed by atoms with Gasteiger partial charge in [-0.05, 0) is 68.4 Å². The molecule has 3 saturated carbocycles. The second-order valence-corrected chi connectivity index (χ2v) is 11.1. The number of benzene rings is 1. The van der Waals surface area contributed by atoms with E-state index >= 15 is 0 Å². The average molecular weight is 439 g/mol. The number of carbonyl (C=O) groups excluding carboxylic acids is 1. The van der Waals surface area contributed by atoms with Gasteiger partial charge in [0.2, 0.25) is 0 Å². The molecular formula is C25H38BN3O3. The number of hydrogen-bond donors (Lipinski definition) is 3. The molecule has 6 rings (SSSR count). The highest BCUT2D eigenvalue weighted by Gasteiger charge is 2.68. The average Bonchev–Trinajstić information content (AvgIpc) is 3.16. The number of nitrogens with one attached hydrogen (secondary N) is 3. The zero-order chi connectivity index (χ0) is 22.3. The molecule has 2 saturated heterocycles. The summed E-state index contributed by atoms with van der Waals surface area (Å²) in [6, 6.07) is 10.5. The van der Waals surface area contributed by atoms with Crippen LogP contribution in [0.15, 0.2) is 30.3 Å². The molecule has 0 spiro atoms. The first kappa shape index (κ1) is 22.2. The molecule has 6 nitrogen and oxygen atoms in total. The number of hydrogen-bond acceptors (Lipinski definition) is 4. The fourth-order valence-electron chi connectivity index (χ4n) is 6.69. The van der Waals surface area contributed by atoms with Crippen molar-refractivity contribution >= 4 is 13.1 Å². The van der Waals surface area contributed by atoms with E-state index in [4.69, 9.17) is 9.31 Å². The van der Waals surface area contributed by atoms with E-state index in [9.17, 15) is 4.79 Å². The molecule has 0 unspecified atom stereocenters. The lowest BCUT2D eigenvalue weighted by molar-refractivity contribution is -0.199. The van der Waals surface area contributed by atoms with Crippen LogP contribution in [-0.2, 0) is 15.7 Å². The Hall–Kier alpha value is -1.57. The van der Waals surface area contributed by atoms with Gasteiger partial charge in [-0.25, -0.2) is 4.79 Å². The van der Waals surface area contributed by atoms with Crippen molar-refractivity contribution in [1.29, 1.82) is 0 Å². The zero-order valence-electron chi connectivity index (χ0n) is 19.7. The molecule has 1 aromatic carbocycles. The third-order valence-corrected chi connectivity index (χ3v) is 8.83. The Kier molecular flexibility index (Phi) is 6.02. The lowest BCUT2D eigenvalue weighted by Crippen LogP contribution is -2.65. The van der Waals surface area contributed by atoms with Crippen LogP contribution in [0.3, 0.4) is 0 Å². The van der Waals surface area contributed by atoms with E-state index in [2.05, 4.69) is 48.9 Å². The third kappa shape index (κ3) is 4.08. The highest BCUT2D eigenvalue weighted by molar-refractivity contribution is 6.48. The first-order valence-corrected chi connectivity index (χ1v) is 12.5.